The van der Waals surface area contributed by atoms with Crippen molar-refractivity contribution in [2.24, 2.45) is 23.2 Å². The molecule has 21 heavy (non-hydrogen) atoms. The number of ketones is 1. The molecule has 0 N–H and O–H groups in total. The molecule has 1 nitrogen and oxygen atoms in total. The van der Waals surface area contributed by atoms with Gasteiger partial charge in [0.25, 0.3) is 0 Å². The summed E-state index contributed by atoms with van der Waals surface area (Å²) in [7, 11) is 0. The molecule has 1 fully saturated rings. The van der Waals surface area contributed by atoms with Crippen LogP contribution in [0.5, 0.6) is 0 Å². The minimum Gasteiger partial charge on any atom is -0.299 e. The predicted molar refractivity (Wildman–Crippen MR) is 89.3 cm³/mol. The molecule has 116 valence electrons. The van der Waals surface area contributed by atoms with E-state index in [0.717, 1.165) is 6.42 Å². The van der Waals surface area contributed by atoms with E-state index in [1.54, 1.807) is 0 Å². The summed E-state index contributed by atoms with van der Waals surface area (Å²) in [5.41, 5.74) is 2.73. The minimum atomic E-state index is 0.245. The zero-order valence-corrected chi connectivity index (χ0v) is 14.3. The summed E-state index contributed by atoms with van der Waals surface area (Å²) in [6, 6.07) is 8.39. The van der Waals surface area contributed by atoms with Crippen molar-refractivity contribution in [3.63, 3.8) is 0 Å². The largest absolute Gasteiger partial charge is 0.299 e. The average molecular weight is 286 g/mol. The quantitative estimate of drug-likeness (QED) is 0.743. The Bertz CT molecular complexity index is 498. The van der Waals surface area contributed by atoms with Crippen molar-refractivity contribution in [1.82, 2.24) is 0 Å². The van der Waals surface area contributed by atoms with Crippen LogP contribution in [0.3, 0.4) is 0 Å². The highest BCUT2D eigenvalue weighted by Gasteiger charge is 2.39. The standard InChI is InChI=1S/C20H30O/c1-14(2)17-9-10-20(4,5)13-18(17)19(21)12-16-8-6-7-15(3)11-16/h6-8,11,14,17-18H,9-10,12-13H2,1-5H3. The van der Waals surface area contributed by atoms with E-state index in [2.05, 4.69) is 58.9 Å². The molecule has 0 bridgehead atoms. The highest BCUT2D eigenvalue weighted by molar-refractivity contribution is 5.83. The molecule has 2 rings (SSSR count). The van der Waals surface area contributed by atoms with Crippen molar-refractivity contribution in [3.8, 4) is 0 Å². The van der Waals surface area contributed by atoms with Gasteiger partial charge in [0.05, 0.1) is 0 Å². The highest BCUT2D eigenvalue weighted by Crippen LogP contribution is 2.45. The number of carbonyl (C=O) groups excluding carboxylic acids is 1. The van der Waals surface area contributed by atoms with Gasteiger partial charge in [-0.3, -0.25) is 4.79 Å². The molecule has 2 atom stereocenters. The number of rotatable bonds is 4. The first-order valence-electron chi connectivity index (χ1n) is 8.37. The number of benzene rings is 1. The summed E-state index contributed by atoms with van der Waals surface area (Å²) in [5.74, 6) is 1.87. The van der Waals surface area contributed by atoms with Gasteiger partial charge in [0.2, 0.25) is 0 Å². The van der Waals surface area contributed by atoms with Gasteiger partial charge in [-0.2, -0.15) is 0 Å². The van der Waals surface area contributed by atoms with E-state index in [4.69, 9.17) is 0 Å². The van der Waals surface area contributed by atoms with E-state index in [1.807, 2.05) is 0 Å². The second kappa shape index (κ2) is 6.34. The van der Waals surface area contributed by atoms with Gasteiger partial charge in [0.1, 0.15) is 5.78 Å². The van der Waals surface area contributed by atoms with Crippen molar-refractivity contribution in [2.45, 2.75) is 60.3 Å². The van der Waals surface area contributed by atoms with Crippen LogP contribution in [0.1, 0.15) is 58.1 Å². The lowest BCUT2D eigenvalue weighted by Crippen LogP contribution is -2.37. The maximum absolute atomic E-state index is 12.9. The zero-order valence-electron chi connectivity index (χ0n) is 14.3. The molecule has 1 aromatic carbocycles. The SMILES string of the molecule is Cc1cccc(CC(=O)C2CC(C)(C)CCC2C(C)C)c1. The van der Waals surface area contributed by atoms with E-state index < -0.39 is 0 Å². The van der Waals surface area contributed by atoms with Gasteiger partial charge in [-0.15, -0.1) is 0 Å². The smallest absolute Gasteiger partial charge is 0.140 e. The molecule has 0 spiro atoms. The molecule has 0 heterocycles. The second-order valence-electron chi connectivity index (χ2n) is 8.05. The van der Waals surface area contributed by atoms with Crippen molar-refractivity contribution >= 4 is 5.78 Å². The predicted octanol–water partition coefficient (Wildman–Crippen LogP) is 5.21. The molecule has 1 heteroatoms. The summed E-state index contributed by atoms with van der Waals surface area (Å²) in [4.78, 5) is 12.9. The Labute approximate surface area is 130 Å². The summed E-state index contributed by atoms with van der Waals surface area (Å²) in [6.07, 6.45) is 4.12. The molecule has 0 radical (unpaired) electrons. The molecular formula is C20H30O. The topological polar surface area (TPSA) is 17.1 Å². The molecule has 1 aromatic rings. The maximum atomic E-state index is 12.9. The van der Waals surface area contributed by atoms with Crippen LogP contribution < -0.4 is 0 Å². The minimum absolute atomic E-state index is 0.245. The summed E-state index contributed by atoms with van der Waals surface area (Å²) < 4.78 is 0. The van der Waals surface area contributed by atoms with Crippen LogP contribution >= 0.6 is 0 Å². The molecule has 0 amide bonds. The lowest BCUT2D eigenvalue weighted by atomic mass is 9.62. The zero-order chi connectivity index (χ0) is 15.6. The molecule has 1 aliphatic rings. The molecule has 1 saturated carbocycles. The van der Waals surface area contributed by atoms with Gasteiger partial charge in [-0.1, -0.05) is 57.5 Å². The Balaban J connectivity index is 2.14. The molecule has 0 aromatic heterocycles. The van der Waals surface area contributed by atoms with Gasteiger partial charge >= 0.3 is 0 Å². The number of Topliss-reactive ketones (excluding diaryl/α,β-unsaturated/α-hetero) is 1. The Kier molecular flexibility index (Phi) is 4.91. The van der Waals surface area contributed by atoms with Crippen LogP contribution in [0, 0.1) is 30.1 Å². The van der Waals surface area contributed by atoms with Gasteiger partial charge in [0.15, 0.2) is 0 Å². The lowest BCUT2D eigenvalue weighted by molar-refractivity contribution is -0.127. The molecular weight excluding hydrogens is 256 g/mol. The first kappa shape index (κ1) is 16.3. The summed E-state index contributed by atoms with van der Waals surface area (Å²) >= 11 is 0. The molecule has 2 unspecified atom stereocenters. The van der Waals surface area contributed by atoms with Gasteiger partial charge in [-0.05, 0) is 49.0 Å². The molecule has 1 aliphatic carbocycles. The first-order chi connectivity index (χ1) is 9.78. The Morgan fingerprint density at radius 1 is 1.33 bits per heavy atom. The van der Waals surface area contributed by atoms with Gasteiger partial charge in [0, 0.05) is 12.3 Å². The number of carbonyl (C=O) groups is 1. The normalized spacial score (nSPS) is 25.0. The molecule has 0 saturated heterocycles. The van der Waals surface area contributed by atoms with E-state index in [-0.39, 0.29) is 5.92 Å². The van der Waals surface area contributed by atoms with Crippen molar-refractivity contribution in [3.05, 3.63) is 35.4 Å². The van der Waals surface area contributed by atoms with Crippen LogP contribution in [0.25, 0.3) is 0 Å². The number of hydrogen-bond acceptors (Lipinski definition) is 1. The molecule has 0 aliphatic heterocycles. The monoisotopic (exact) mass is 286 g/mol. The fourth-order valence-corrected chi connectivity index (χ4v) is 3.91. The Morgan fingerprint density at radius 3 is 2.67 bits per heavy atom. The third-order valence-electron chi connectivity index (χ3n) is 5.17. The third kappa shape index (κ3) is 4.18. The summed E-state index contributed by atoms with van der Waals surface area (Å²) in [5, 5.41) is 0. The second-order valence-corrected chi connectivity index (χ2v) is 8.05. The maximum Gasteiger partial charge on any atom is 0.140 e. The van der Waals surface area contributed by atoms with Crippen LogP contribution in [-0.2, 0) is 11.2 Å². The number of aryl methyl sites for hydroxylation is 1. The summed E-state index contributed by atoms with van der Waals surface area (Å²) in [6.45, 7) is 11.3. The van der Waals surface area contributed by atoms with E-state index >= 15 is 0 Å². The van der Waals surface area contributed by atoms with E-state index in [0.29, 0.717) is 29.5 Å². The highest BCUT2D eigenvalue weighted by atomic mass is 16.1. The van der Waals surface area contributed by atoms with E-state index in [1.165, 1.54) is 24.0 Å². The van der Waals surface area contributed by atoms with Crippen LogP contribution in [0.4, 0.5) is 0 Å². The van der Waals surface area contributed by atoms with Crippen molar-refractivity contribution in [2.75, 3.05) is 0 Å². The third-order valence-corrected chi connectivity index (χ3v) is 5.17. The van der Waals surface area contributed by atoms with Crippen molar-refractivity contribution < 1.29 is 4.79 Å². The van der Waals surface area contributed by atoms with Crippen LogP contribution in [0.2, 0.25) is 0 Å². The fraction of sp³-hybridized carbons (Fsp3) is 0.650. The van der Waals surface area contributed by atoms with Crippen LogP contribution in [0.15, 0.2) is 24.3 Å². The van der Waals surface area contributed by atoms with Crippen LogP contribution in [-0.4, -0.2) is 5.78 Å². The Hall–Kier alpha value is -1.11. The van der Waals surface area contributed by atoms with Gasteiger partial charge < -0.3 is 0 Å². The van der Waals surface area contributed by atoms with E-state index in [9.17, 15) is 4.79 Å². The number of hydrogen-bond donors (Lipinski definition) is 0. The van der Waals surface area contributed by atoms with Crippen molar-refractivity contribution in [1.29, 1.82) is 0 Å². The average Bonchev–Trinajstić information content (AvgIpc) is 2.37. The first-order valence-corrected chi connectivity index (χ1v) is 8.37. The fourth-order valence-electron chi connectivity index (χ4n) is 3.91. The van der Waals surface area contributed by atoms with Gasteiger partial charge in [-0.25, -0.2) is 0 Å². The lowest BCUT2D eigenvalue weighted by Gasteiger charge is -2.42. The Morgan fingerprint density at radius 2 is 2.05 bits per heavy atom.